The van der Waals surface area contributed by atoms with Gasteiger partial charge in [-0.3, -0.25) is 4.55 Å². The lowest BCUT2D eigenvalue weighted by atomic mass is 10.2. The van der Waals surface area contributed by atoms with Crippen LogP contribution in [0.4, 0.5) is 10.1 Å². The number of hydrogen-bond acceptors (Lipinski definition) is 6. The van der Waals surface area contributed by atoms with E-state index in [1.165, 1.54) is 35.2 Å². The third-order valence-corrected chi connectivity index (χ3v) is 9.02. The number of benzene rings is 2. The molecule has 2 N–H and O–H groups in total. The van der Waals surface area contributed by atoms with Gasteiger partial charge in [-0.2, -0.15) is 13.0 Å². The molecule has 1 aliphatic heterocycles. The topological polar surface area (TPSA) is 98.8 Å². The van der Waals surface area contributed by atoms with Gasteiger partial charge in [0.05, 0.1) is 28.3 Å². The molecule has 1 atom stereocenters. The largest absolute Gasteiger partial charge is 0.335 e. The van der Waals surface area contributed by atoms with Gasteiger partial charge in [0.2, 0.25) is 5.52 Å². The van der Waals surface area contributed by atoms with Crippen molar-refractivity contribution in [1.29, 1.82) is 0 Å². The molecule has 0 aliphatic carbocycles. The molecule has 0 saturated heterocycles. The standard InChI is InChI=1S/C21H20ClFN2O5S4/c22-14-3-5-18-16(11-14)25(8-2-10-34(28,29)30)21(31-18)13-20-24(7-1-9-33(26)27)17-12-15(23)4-6-19(17)32-20/h3-6,11-13H,1-2,7-10H2,(H-,26,27,28,29,30)/p+1. The summed E-state index contributed by atoms with van der Waals surface area (Å²) in [6, 6.07) is 10.0. The molecular weight excluding hydrogens is 543 g/mol. The molecule has 2 aromatic carbocycles. The fourth-order valence-electron chi connectivity index (χ4n) is 3.68. The first-order valence-corrected chi connectivity index (χ1v) is 15.1. The second-order valence-corrected chi connectivity index (χ2v) is 12.8. The molecule has 7 nitrogen and oxygen atoms in total. The van der Waals surface area contributed by atoms with Crippen molar-refractivity contribution in [2.24, 2.45) is 0 Å². The summed E-state index contributed by atoms with van der Waals surface area (Å²) < 4.78 is 68.7. The molecule has 0 amide bonds. The third kappa shape index (κ3) is 6.17. The molecule has 1 unspecified atom stereocenters. The molecule has 182 valence electrons. The Morgan fingerprint density at radius 2 is 2.00 bits per heavy atom. The predicted molar refractivity (Wildman–Crippen MR) is 136 cm³/mol. The van der Waals surface area contributed by atoms with Crippen LogP contribution in [-0.2, 0) is 27.7 Å². The maximum Gasteiger partial charge on any atom is 0.265 e. The number of aromatic nitrogens is 1. The van der Waals surface area contributed by atoms with Crippen LogP contribution >= 0.6 is 34.7 Å². The van der Waals surface area contributed by atoms with Gasteiger partial charge >= 0.3 is 0 Å². The van der Waals surface area contributed by atoms with Gasteiger partial charge in [0.1, 0.15) is 10.5 Å². The Labute approximate surface area is 212 Å². The first-order chi connectivity index (χ1) is 16.1. The Hall–Kier alpha value is -1.54. The van der Waals surface area contributed by atoms with Crippen LogP contribution in [-0.4, -0.2) is 39.8 Å². The number of anilines is 1. The Morgan fingerprint density at radius 1 is 1.21 bits per heavy atom. The van der Waals surface area contributed by atoms with Gasteiger partial charge in [-0.1, -0.05) is 34.7 Å². The SMILES string of the molecule is O=S(O)CCCN1/C(=C/c2sc3ccc(Cl)cc3[n+]2CCCS(=O)(=O)O)Sc2ccc(F)cc21. The lowest BCUT2D eigenvalue weighted by Crippen LogP contribution is -2.36. The molecule has 1 aliphatic rings. The third-order valence-electron chi connectivity index (χ3n) is 5.12. The zero-order valence-corrected chi connectivity index (χ0v) is 21.7. The molecule has 2 heterocycles. The summed E-state index contributed by atoms with van der Waals surface area (Å²) in [4.78, 5) is 2.80. The van der Waals surface area contributed by atoms with E-state index in [-0.39, 0.29) is 23.7 Å². The lowest BCUT2D eigenvalue weighted by molar-refractivity contribution is -0.668. The number of halogens is 2. The molecule has 34 heavy (non-hydrogen) atoms. The van der Waals surface area contributed by atoms with Crippen LogP contribution in [0.2, 0.25) is 5.02 Å². The molecule has 3 aromatic rings. The van der Waals surface area contributed by atoms with Crippen molar-refractivity contribution < 1.29 is 30.7 Å². The number of thioether (sulfide) groups is 1. The highest BCUT2D eigenvalue weighted by atomic mass is 35.5. The maximum atomic E-state index is 14.0. The van der Waals surface area contributed by atoms with E-state index >= 15 is 0 Å². The van der Waals surface area contributed by atoms with Gasteiger partial charge in [0, 0.05) is 29.0 Å². The smallest absolute Gasteiger partial charge is 0.265 e. The number of thiazole rings is 1. The van der Waals surface area contributed by atoms with E-state index in [2.05, 4.69) is 0 Å². The van der Waals surface area contributed by atoms with E-state index in [0.717, 1.165) is 25.1 Å². The number of hydrogen-bond donors (Lipinski definition) is 2. The molecule has 0 saturated carbocycles. The Morgan fingerprint density at radius 3 is 2.74 bits per heavy atom. The molecule has 0 fully saturated rings. The van der Waals surface area contributed by atoms with E-state index in [4.69, 9.17) is 20.7 Å². The second kappa shape index (κ2) is 10.6. The van der Waals surface area contributed by atoms with Crippen LogP contribution in [0.15, 0.2) is 46.3 Å². The lowest BCUT2D eigenvalue weighted by Gasteiger charge is -2.19. The van der Waals surface area contributed by atoms with Crippen molar-refractivity contribution >= 4 is 77.9 Å². The Balaban J connectivity index is 1.73. The van der Waals surface area contributed by atoms with Gasteiger partial charge in [-0.05, 0) is 36.8 Å². The van der Waals surface area contributed by atoms with Gasteiger partial charge in [-0.15, -0.1) is 0 Å². The minimum absolute atomic E-state index is 0.107. The Bertz CT molecular complexity index is 1390. The van der Waals surface area contributed by atoms with Crippen LogP contribution in [0.25, 0.3) is 16.3 Å². The number of aryl methyl sites for hydroxylation is 1. The van der Waals surface area contributed by atoms with Crippen LogP contribution in [0.1, 0.15) is 17.8 Å². The first kappa shape index (κ1) is 25.5. The van der Waals surface area contributed by atoms with Crippen molar-refractivity contribution in [1.82, 2.24) is 0 Å². The van der Waals surface area contributed by atoms with Gasteiger partial charge in [-0.25, -0.2) is 8.60 Å². The van der Waals surface area contributed by atoms with E-state index in [1.54, 1.807) is 12.1 Å². The average Bonchev–Trinajstić information content (AvgIpc) is 3.25. The molecule has 0 radical (unpaired) electrons. The minimum Gasteiger partial charge on any atom is -0.335 e. The summed E-state index contributed by atoms with van der Waals surface area (Å²) in [7, 11) is -4.09. The molecule has 0 spiro atoms. The highest BCUT2D eigenvalue weighted by Crippen LogP contribution is 2.47. The summed E-state index contributed by atoms with van der Waals surface area (Å²) in [5.41, 5.74) is 1.54. The minimum atomic E-state index is -4.09. The average molecular weight is 564 g/mol. The zero-order chi connectivity index (χ0) is 24.5. The van der Waals surface area contributed by atoms with E-state index in [0.29, 0.717) is 30.2 Å². The number of nitrogens with zero attached hydrogens (tertiary/aromatic N) is 2. The van der Waals surface area contributed by atoms with Crippen molar-refractivity contribution in [3.8, 4) is 0 Å². The summed E-state index contributed by atoms with van der Waals surface area (Å²) in [5.74, 6) is -0.624. The van der Waals surface area contributed by atoms with E-state index < -0.39 is 21.2 Å². The number of rotatable bonds is 9. The summed E-state index contributed by atoms with van der Waals surface area (Å²) in [6.07, 6.45) is 2.60. The van der Waals surface area contributed by atoms with E-state index in [1.807, 2.05) is 27.7 Å². The van der Waals surface area contributed by atoms with Crippen molar-refractivity contribution in [2.45, 2.75) is 24.3 Å². The van der Waals surface area contributed by atoms with Gasteiger partial charge in [0.15, 0.2) is 17.6 Å². The molecule has 13 heteroatoms. The second-order valence-electron chi connectivity index (χ2n) is 7.57. The van der Waals surface area contributed by atoms with Crippen molar-refractivity contribution in [3.05, 3.63) is 57.3 Å². The van der Waals surface area contributed by atoms with Crippen LogP contribution < -0.4 is 9.47 Å². The fourth-order valence-corrected chi connectivity index (χ4v) is 7.00. The normalized spacial score (nSPS) is 15.9. The number of fused-ring (bicyclic) bond motifs is 2. The zero-order valence-electron chi connectivity index (χ0n) is 17.7. The first-order valence-electron chi connectivity index (χ1n) is 10.2. The summed E-state index contributed by atoms with van der Waals surface area (Å²) >= 11 is 7.26. The predicted octanol–water partition coefficient (Wildman–Crippen LogP) is 4.78. The fraction of sp³-hybridized carbons (Fsp3) is 0.286. The van der Waals surface area contributed by atoms with Crippen LogP contribution in [0.3, 0.4) is 0 Å². The monoisotopic (exact) mass is 563 g/mol. The molecule has 1 aromatic heterocycles. The van der Waals surface area contributed by atoms with Gasteiger partial charge < -0.3 is 9.45 Å². The van der Waals surface area contributed by atoms with Crippen molar-refractivity contribution in [2.75, 3.05) is 23.0 Å². The molecular formula is C21H21ClFN2O5S4+. The van der Waals surface area contributed by atoms with Gasteiger partial charge in [0.25, 0.3) is 15.1 Å². The van der Waals surface area contributed by atoms with E-state index in [9.17, 15) is 17.0 Å². The summed E-state index contributed by atoms with van der Waals surface area (Å²) in [5, 5.41) is 2.20. The quantitative estimate of drug-likeness (QED) is 0.219. The Kier molecular flexibility index (Phi) is 7.97. The van der Waals surface area contributed by atoms with Crippen LogP contribution in [0, 0.1) is 5.82 Å². The summed E-state index contributed by atoms with van der Waals surface area (Å²) in [6.45, 7) is 0.774. The molecule has 0 bridgehead atoms. The molecule has 4 rings (SSSR count). The highest BCUT2D eigenvalue weighted by molar-refractivity contribution is 8.03. The van der Waals surface area contributed by atoms with Crippen LogP contribution in [0.5, 0.6) is 0 Å². The maximum absolute atomic E-state index is 14.0. The van der Waals surface area contributed by atoms with Crippen molar-refractivity contribution in [3.63, 3.8) is 0 Å². The highest BCUT2D eigenvalue weighted by Gasteiger charge is 2.28.